The van der Waals surface area contributed by atoms with Crippen molar-refractivity contribution in [1.29, 1.82) is 5.26 Å². The van der Waals surface area contributed by atoms with Gasteiger partial charge in [0.05, 0.1) is 16.5 Å². The van der Waals surface area contributed by atoms with Gasteiger partial charge >= 0.3 is 6.61 Å². The van der Waals surface area contributed by atoms with E-state index in [9.17, 15) is 26.0 Å². The van der Waals surface area contributed by atoms with E-state index in [2.05, 4.69) is 4.74 Å². The van der Waals surface area contributed by atoms with Crippen LogP contribution < -0.4 is 4.72 Å². The minimum Gasteiger partial charge on any atom is -0.293 e. The Labute approximate surface area is 170 Å². The maximum Gasteiger partial charge on any atom is 0.347 e. The Hall–Kier alpha value is -3.00. The highest BCUT2D eigenvalue weighted by atomic mass is 32.2. The number of hydrogen-bond acceptors (Lipinski definition) is 4. The van der Waals surface area contributed by atoms with E-state index in [0.29, 0.717) is 0 Å². The van der Waals surface area contributed by atoms with Crippen LogP contribution in [0.15, 0.2) is 71.4 Å². The second-order valence-corrected chi connectivity index (χ2v) is 8.02. The van der Waals surface area contributed by atoms with Gasteiger partial charge in [-0.2, -0.15) is 18.8 Å². The van der Waals surface area contributed by atoms with Gasteiger partial charge in [0.1, 0.15) is 11.6 Å². The van der Waals surface area contributed by atoms with Crippen LogP contribution in [0, 0.1) is 17.1 Å². The molecule has 1 aliphatic rings. The fourth-order valence-electron chi connectivity index (χ4n) is 2.95. The fourth-order valence-corrected chi connectivity index (χ4v) is 4.21. The van der Waals surface area contributed by atoms with E-state index < -0.39 is 40.4 Å². The lowest BCUT2D eigenvalue weighted by molar-refractivity contribution is -0.203. The van der Waals surface area contributed by atoms with Gasteiger partial charge in [-0.3, -0.25) is 4.74 Å². The lowest BCUT2D eigenvalue weighted by Crippen LogP contribution is -2.53. The molecule has 0 fully saturated rings. The molecule has 0 radical (unpaired) electrons. The summed E-state index contributed by atoms with van der Waals surface area (Å²) in [6, 6.07) is 11.5. The monoisotopic (exact) mass is 438 g/mol. The van der Waals surface area contributed by atoms with Crippen molar-refractivity contribution >= 4 is 15.6 Å². The summed E-state index contributed by atoms with van der Waals surface area (Å²) in [5, 5.41) is 8.82. The van der Waals surface area contributed by atoms with Crippen molar-refractivity contribution in [1.82, 2.24) is 4.72 Å². The fraction of sp³-hybridized carbons (Fsp3) is 0.150. The van der Waals surface area contributed by atoms with Gasteiger partial charge in [0.15, 0.2) is 5.72 Å². The molecule has 1 unspecified atom stereocenters. The summed E-state index contributed by atoms with van der Waals surface area (Å²) >= 11 is 0. The molecule has 10 heteroatoms. The molecule has 0 aliphatic heterocycles. The zero-order valence-corrected chi connectivity index (χ0v) is 16.0. The summed E-state index contributed by atoms with van der Waals surface area (Å²) in [7, 11) is -4.54. The quantitative estimate of drug-likeness (QED) is 0.540. The third-order valence-corrected chi connectivity index (χ3v) is 5.83. The maximum absolute atomic E-state index is 14.7. The Morgan fingerprint density at radius 2 is 1.80 bits per heavy atom. The topological polar surface area (TPSA) is 79.2 Å². The molecule has 3 rings (SSSR count). The molecule has 1 N–H and O–H groups in total. The Kier molecular flexibility index (Phi) is 6.07. The van der Waals surface area contributed by atoms with Gasteiger partial charge in [0.25, 0.3) is 0 Å². The Morgan fingerprint density at radius 3 is 2.40 bits per heavy atom. The maximum atomic E-state index is 14.7. The number of rotatable bonds is 6. The summed E-state index contributed by atoms with van der Waals surface area (Å²) in [5.41, 5.74) is -2.14. The molecular formula is C20H14F4N2O3S. The van der Waals surface area contributed by atoms with Crippen LogP contribution in [0.2, 0.25) is 0 Å². The number of halogens is 4. The van der Waals surface area contributed by atoms with Crippen molar-refractivity contribution in [3.8, 4) is 6.07 Å². The number of ether oxygens (including phenoxy) is 1. The number of nitriles is 1. The first-order chi connectivity index (χ1) is 14.1. The van der Waals surface area contributed by atoms with Crippen LogP contribution in [0.5, 0.6) is 0 Å². The molecule has 2 aromatic carbocycles. The summed E-state index contributed by atoms with van der Waals surface area (Å²) in [4.78, 5) is -0.381. The van der Waals surface area contributed by atoms with Gasteiger partial charge in [0, 0.05) is 6.42 Å². The lowest BCUT2D eigenvalue weighted by atomic mass is 9.91. The van der Waals surface area contributed by atoms with Crippen molar-refractivity contribution in [2.24, 2.45) is 0 Å². The van der Waals surface area contributed by atoms with Crippen molar-refractivity contribution in [3.63, 3.8) is 0 Å². The third-order valence-electron chi connectivity index (χ3n) is 4.33. The number of hydrogen-bond donors (Lipinski definition) is 1. The Morgan fingerprint density at radius 1 is 1.10 bits per heavy atom. The van der Waals surface area contributed by atoms with Gasteiger partial charge in [-0.25, -0.2) is 17.2 Å². The molecule has 156 valence electrons. The number of sulfonamides is 1. The highest BCUT2D eigenvalue weighted by molar-refractivity contribution is 7.89. The number of allylic oxidation sites excluding steroid dienone is 2. The van der Waals surface area contributed by atoms with Gasteiger partial charge in [-0.15, -0.1) is 0 Å². The van der Waals surface area contributed by atoms with Crippen LogP contribution in [0.3, 0.4) is 0 Å². The predicted octanol–water partition coefficient (Wildman–Crippen LogP) is 4.25. The first kappa shape index (κ1) is 21.7. The van der Waals surface area contributed by atoms with Crippen molar-refractivity contribution in [2.45, 2.75) is 23.7 Å². The molecule has 30 heavy (non-hydrogen) atoms. The van der Waals surface area contributed by atoms with Crippen LogP contribution in [-0.2, 0) is 14.8 Å². The lowest BCUT2D eigenvalue weighted by Gasteiger charge is -2.35. The standard InChI is InChI=1S/C20H14F4N2O3S/c21-16-3-1-2-14(10-16)15-6-9-18(22)20(11-15,29-19(23)24)26-30(27,28)17-7-4-13(12-25)5-8-17/h1-10,19,26H,11H2. The number of nitrogens with one attached hydrogen (secondary N) is 1. The zero-order valence-electron chi connectivity index (χ0n) is 15.2. The second-order valence-electron chi connectivity index (χ2n) is 6.34. The van der Waals surface area contributed by atoms with E-state index in [1.165, 1.54) is 36.4 Å². The Balaban J connectivity index is 2.01. The second kappa shape index (κ2) is 8.39. The van der Waals surface area contributed by atoms with Crippen molar-refractivity contribution < 1.29 is 30.7 Å². The zero-order chi connectivity index (χ0) is 21.9. The molecule has 0 saturated carbocycles. The van der Waals surface area contributed by atoms with E-state index in [0.717, 1.165) is 24.3 Å². The first-order valence-electron chi connectivity index (χ1n) is 8.48. The largest absolute Gasteiger partial charge is 0.347 e. The van der Waals surface area contributed by atoms with Gasteiger partial charge in [-0.05, 0) is 53.6 Å². The van der Waals surface area contributed by atoms with Crippen LogP contribution in [0.25, 0.3) is 5.57 Å². The normalized spacial score (nSPS) is 19.2. The molecule has 0 saturated heterocycles. The average molecular weight is 438 g/mol. The Bertz CT molecular complexity index is 1160. The highest BCUT2D eigenvalue weighted by Crippen LogP contribution is 2.38. The molecule has 0 aromatic heterocycles. The molecular weight excluding hydrogens is 424 g/mol. The smallest absolute Gasteiger partial charge is 0.293 e. The van der Waals surface area contributed by atoms with Crippen molar-refractivity contribution in [3.05, 3.63) is 83.5 Å². The minimum absolute atomic E-state index is 0.174. The van der Waals surface area contributed by atoms with Crippen molar-refractivity contribution in [2.75, 3.05) is 0 Å². The summed E-state index contributed by atoms with van der Waals surface area (Å²) in [6.07, 6.45) is 1.36. The van der Waals surface area contributed by atoms with E-state index in [1.807, 2.05) is 10.8 Å². The number of alkyl halides is 2. The third kappa shape index (κ3) is 4.59. The van der Waals surface area contributed by atoms with Crippen LogP contribution in [0.4, 0.5) is 17.6 Å². The van der Waals surface area contributed by atoms with E-state index in [-0.39, 0.29) is 21.6 Å². The molecule has 5 nitrogen and oxygen atoms in total. The van der Waals surface area contributed by atoms with Crippen LogP contribution >= 0.6 is 0 Å². The molecule has 0 spiro atoms. The predicted molar refractivity (Wildman–Crippen MR) is 99.5 cm³/mol. The van der Waals surface area contributed by atoms with E-state index in [1.54, 1.807) is 0 Å². The van der Waals surface area contributed by atoms with Gasteiger partial charge < -0.3 is 0 Å². The summed E-state index contributed by atoms with van der Waals surface area (Å²) < 4.78 is 86.3. The SMILES string of the molecule is N#Cc1ccc(S(=O)(=O)NC2(OC(F)F)CC(c3cccc(F)c3)=CC=C2F)cc1. The van der Waals surface area contributed by atoms with Gasteiger partial charge in [-0.1, -0.05) is 18.2 Å². The minimum atomic E-state index is -4.54. The molecule has 0 bridgehead atoms. The first-order valence-corrected chi connectivity index (χ1v) is 9.96. The molecule has 1 aliphatic carbocycles. The highest BCUT2D eigenvalue weighted by Gasteiger charge is 2.45. The average Bonchev–Trinajstić information content (AvgIpc) is 2.69. The van der Waals surface area contributed by atoms with Gasteiger partial charge in [0.2, 0.25) is 10.0 Å². The van der Waals surface area contributed by atoms with E-state index >= 15 is 0 Å². The molecule has 2 aromatic rings. The number of nitrogens with zero attached hydrogens (tertiary/aromatic N) is 1. The molecule has 0 heterocycles. The van der Waals surface area contributed by atoms with Crippen LogP contribution in [0.1, 0.15) is 17.5 Å². The number of benzene rings is 2. The molecule has 0 amide bonds. The summed E-state index contributed by atoms with van der Waals surface area (Å²) in [6.45, 7) is -3.51. The van der Waals surface area contributed by atoms with E-state index in [4.69, 9.17) is 5.26 Å². The van der Waals surface area contributed by atoms with Crippen LogP contribution in [-0.4, -0.2) is 20.8 Å². The summed E-state index contributed by atoms with van der Waals surface area (Å²) in [5.74, 6) is -1.90. The molecule has 1 atom stereocenters.